The fourth-order valence-electron chi connectivity index (χ4n) is 2.42. The summed E-state index contributed by atoms with van der Waals surface area (Å²) in [6.45, 7) is 0.546. The van der Waals surface area contributed by atoms with Crippen LogP contribution in [0.1, 0.15) is 15.9 Å². The van der Waals surface area contributed by atoms with E-state index in [0.717, 1.165) is 17.7 Å². The molecule has 3 nitrogen and oxygen atoms in total. The van der Waals surface area contributed by atoms with Gasteiger partial charge >= 0.3 is 0 Å². The lowest BCUT2D eigenvalue weighted by molar-refractivity contribution is 0.0989. The molecule has 2 aromatic rings. The summed E-state index contributed by atoms with van der Waals surface area (Å²) in [5, 5.41) is -0.144. The van der Waals surface area contributed by atoms with E-state index in [9.17, 15) is 9.18 Å². The van der Waals surface area contributed by atoms with Crippen molar-refractivity contribution in [3.05, 3.63) is 58.4 Å². The molecule has 1 aliphatic heterocycles. The third-order valence-corrected chi connectivity index (χ3v) is 3.82. The zero-order valence-electron chi connectivity index (χ0n) is 10.6. The lowest BCUT2D eigenvalue weighted by atomic mass is 10.1. The second kappa shape index (κ2) is 4.80. The van der Waals surface area contributed by atoms with E-state index in [4.69, 9.17) is 17.3 Å². The Bertz CT molecular complexity index is 702. The Morgan fingerprint density at radius 2 is 2.10 bits per heavy atom. The molecule has 0 bridgehead atoms. The van der Waals surface area contributed by atoms with E-state index in [0.29, 0.717) is 12.2 Å². The molecular formula is C15H12ClFN2O. The summed E-state index contributed by atoms with van der Waals surface area (Å²) in [4.78, 5) is 14.1. The number of nitrogens with two attached hydrogens (primary N) is 1. The number of hydrogen-bond donors (Lipinski definition) is 1. The van der Waals surface area contributed by atoms with Crippen LogP contribution in [0.3, 0.4) is 0 Å². The topological polar surface area (TPSA) is 46.3 Å². The maximum Gasteiger partial charge on any atom is 0.259 e. The third kappa shape index (κ3) is 2.02. The number of hydrogen-bond acceptors (Lipinski definition) is 2. The van der Waals surface area contributed by atoms with Crippen LogP contribution in [-0.4, -0.2) is 12.5 Å². The molecule has 0 fully saturated rings. The Morgan fingerprint density at radius 1 is 1.30 bits per heavy atom. The molecule has 0 unspecified atom stereocenters. The van der Waals surface area contributed by atoms with Gasteiger partial charge in [-0.05, 0) is 36.2 Å². The Balaban J connectivity index is 2.02. The summed E-state index contributed by atoms with van der Waals surface area (Å²) < 4.78 is 13.5. The van der Waals surface area contributed by atoms with Crippen molar-refractivity contribution >= 4 is 28.9 Å². The Hall–Kier alpha value is -2.07. The molecule has 2 aromatic carbocycles. The zero-order valence-corrected chi connectivity index (χ0v) is 11.3. The highest BCUT2D eigenvalue weighted by Gasteiger charge is 2.27. The van der Waals surface area contributed by atoms with Crippen LogP contribution in [0.15, 0.2) is 36.4 Å². The predicted octanol–water partition coefficient (Wildman–Crippen LogP) is 3.26. The van der Waals surface area contributed by atoms with Gasteiger partial charge in [0.1, 0.15) is 5.82 Å². The molecule has 0 atom stereocenters. The van der Waals surface area contributed by atoms with Crippen LogP contribution in [0.4, 0.5) is 15.8 Å². The van der Waals surface area contributed by atoms with Gasteiger partial charge in [0.15, 0.2) is 0 Å². The van der Waals surface area contributed by atoms with Crippen LogP contribution in [0, 0.1) is 5.82 Å². The monoisotopic (exact) mass is 290 g/mol. The van der Waals surface area contributed by atoms with Gasteiger partial charge in [0.25, 0.3) is 5.91 Å². The van der Waals surface area contributed by atoms with Crippen molar-refractivity contribution in [3.8, 4) is 0 Å². The summed E-state index contributed by atoms with van der Waals surface area (Å²) in [6, 6.07) is 9.71. The van der Waals surface area contributed by atoms with Crippen molar-refractivity contribution in [2.75, 3.05) is 17.2 Å². The van der Waals surface area contributed by atoms with Gasteiger partial charge in [0.05, 0.1) is 10.6 Å². The average molecular weight is 291 g/mol. The van der Waals surface area contributed by atoms with Crippen molar-refractivity contribution in [1.29, 1.82) is 0 Å². The van der Waals surface area contributed by atoms with E-state index in [1.54, 1.807) is 11.0 Å². The molecule has 0 saturated heterocycles. The summed E-state index contributed by atoms with van der Waals surface area (Å²) in [5.41, 5.74) is 8.35. The van der Waals surface area contributed by atoms with Crippen molar-refractivity contribution < 1.29 is 9.18 Å². The quantitative estimate of drug-likeness (QED) is 0.819. The van der Waals surface area contributed by atoms with Gasteiger partial charge in [0, 0.05) is 17.9 Å². The molecule has 0 aliphatic carbocycles. The minimum absolute atomic E-state index is 0.144. The first-order chi connectivity index (χ1) is 9.58. The van der Waals surface area contributed by atoms with E-state index < -0.39 is 5.82 Å². The number of fused-ring (bicyclic) bond motifs is 1. The third-order valence-electron chi connectivity index (χ3n) is 3.43. The van der Waals surface area contributed by atoms with Crippen LogP contribution in [0.25, 0.3) is 0 Å². The number of carbonyl (C=O) groups is 1. The Kier molecular flexibility index (Phi) is 3.10. The molecule has 0 spiro atoms. The van der Waals surface area contributed by atoms with Gasteiger partial charge in [0.2, 0.25) is 0 Å². The van der Waals surface area contributed by atoms with E-state index in [2.05, 4.69) is 0 Å². The first-order valence-corrected chi connectivity index (χ1v) is 6.60. The summed E-state index contributed by atoms with van der Waals surface area (Å²) in [6.07, 6.45) is 0.758. The highest BCUT2D eigenvalue weighted by molar-refractivity contribution is 6.34. The fraction of sp³-hybridized carbons (Fsp3) is 0.133. The summed E-state index contributed by atoms with van der Waals surface area (Å²) in [5.74, 6) is -0.900. The number of carbonyl (C=O) groups excluding carboxylic acids is 1. The average Bonchev–Trinajstić information content (AvgIpc) is 2.84. The van der Waals surface area contributed by atoms with Gasteiger partial charge in [-0.3, -0.25) is 4.79 Å². The number of anilines is 2. The minimum Gasteiger partial charge on any atom is -0.399 e. The summed E-state index contributed by atoms with van der Waals surface area (Å²) >= 11 is 5.88. The van der Waals surface area contributed by atoms with Crippen molar-refractivity contribution in [1.82, 2.24) is 0 Å². The van der Waals surface area contributed by atoms with Crippen LogP contribution in [0.5, 0.6) is 0 Å². The number of amides is 1. The van der Waals surface area contributed by atoms with Gasteiger partial charge in [-0.1, -0.05) is 23.7 Å². The Morgan fingerprint density at radius 3 is 2.90 bits per heavy atom. The standard InChI is InChI=1S/C15H12ClFN2O/c16-14-11(2-1-3-12(14)17)15(20)19-7-6-9-4-5-10(18)8-13(9)19/h1-5,8H,6-7,18H2. The second-order valence-corrected chi connectivity index (χ2v) is 5.07. The second-order valence-electron chi connectivity index (χ2n) is 4.70. The lowest BCUT2D eigenvalue weighted by Crippen LogP contribution is -2.29. The predicted molar refractivity (Wildman–Crippen MR) is 77.6 cm³/mol. The summed E-state index contributed by atoms with van der Waals surface area (Å²) in [7, 11) is 0. The molecule has 102 valence electrons. The molecule has 5 heteroatoms. The van der Waals surface area contributed by atoms with Gasteiger partial charge < -0.3 is 10.6 Å². The zero-order chi connectivity index (χ0) is 14.3. The fourth-order valence-corrected chi connectivity index (χ4v) is 2.63. The van der Waals surface area contributed by atoms with E-state index in [-0.39, 0.29) is 16.5 Å². The van der Waals surface area contributed by atoms with Crippen molar-refractivity contribution in [2.24, 2.45) is 0 Å². The first kappa shape index (κ1) is 12.9. The molecule has 3 rings (SSSR count). The molecule has 2 N–H and O–H groups in total. The van der Waals surface area contributed by atoms with E-state index in [1.165, 1.54) is 18.2 Å². The number of rotatable bonds is 1. The minimum atomic E-state index is -0.593. The van der Waals surface area contributed by atoms with Crippen molar-refractivity contribution in [3.63, 3.8) is 0 Å². The smallest absolute Gasteiger partial charge is 0.259 e. The molecule has 1 amide bonds. The molecule has 1 heterocycles. The largest absolute Gasteiger partial charge is 0.399 e. The SMILES string of the molecule is Nc1ccc2c(c1)N(C(=O)c1cccc(F)c1Cl)CC2. The van der Waals surface area contributed by atoms with Gasteiger partial charge in [-0.15, -0.1) is 0 Å². The molecule has 0 aromatic heterocycles. The van der Waals surface area contributed by atoms with Crippen LogP contribution < -0.4 is 10.6 Å². The highest BCUT2D eigenvalue weighted by Crippen LogP contribution is 2.32. The normalized spacial score (nSPS) is 13.4. The van der Waals surface area contributed by atoms with Crippen molar-refractivity contribution in [2.45, 2.75) is 6.42 Å². The maximum atomic E-state index is 13.5. The Labute approximate surface area is 120 Å². The van der Waals surface area contributed by atoms with Crippen LogP contribution >= 0.6 is 11.6 Å². The van der Waals surface area contributed by atoms with Crippen LogP contribution in [-0.2, 0) is 6.42 Å². The molecule has 20 heavy (non-hydrogen) atoms. The number of benzene rings is 2. The number of nitrogen functional groups attached to an aromatic ring is 1. The maximum absolute atomic E-state index is 13.5. The van der Waals surface area contributed by atoms with Crippen LogP contribution in [0.2, 0.25) is 5.02 Å². The van der Waals surface area contributed by atoms with E-state index >= 15 is 0 Å². The first-order valence-electron chi connectivity index (χ1n) is 6.22. The highest BCUT2D eigenvalue weighted by atomic mass is 35.5. The lowest BCUT2D eigenvalue weighted by Gasteiger charge is -2.18. The van der Waals surface area contributed by atoms with E-state index in [1.807, 2.05) is 12.1 Å². The molecule has 1 aliphatic rings. The van der Waals surface area contributed by atoms with Gasteiger partial charge in [-0.25, -0.2) is 4.39 Å². The molecule has 0 saturated carbocycles. The van der Waals surface area contributed by atoms with Gasteiger partial charge in [-0.2, -0.15) is 0 Å². The number of nitrogens with zero attached hydrogens (tertiary/aromatic N) is 1. The molecule has 0 radical (unpaired) electrons. The number of halogens is 2. The molecular weight excluding hydrogens is 279 g/mol.